The zero-order chi connectivity index (χ0) is 16.9. The monoisotopic (exact) mass is 361 g/mol. The van der Waals surface area contributed by atoms with Crippen LogP contribution in [0.1, 0.15) is 17.0 Å². The molecule has 0 amide bonds. The van der Waals surface area contributed by atoms with Crippen molar-refractivity contribution >= 4 is 41.4 Å². The van der Waals surface area contributed by atoms with Crippen LogP contribution >= 0.6 is 23.2 Å². The average molecular weight is 362 g/mol. The zero-order valence-corrected chi connectivity index (χ0v) is 14.0. The van der Waals surface area contributed by atoms with Crippen LogP contribution in [-0.4, -0.2) is 10.2 Å². The van der Waals surface area contributed by atoms with Crippen molar-refractivity contribution in [2.45, 2.75) is 6.61 Å². The molecule has 0 bridgehead atoms. The molecule has 7 heteroatoms. The van der Waals surface area contributed by atoms with Crippen molar-refractivity contribution in [1.82, 2.24) is 10.2 Å². The van der Waals surface area contributed by atoms with Crippen molar-refractivity contribution in [2.75, 3.05) is 5.73 Å². The minimum atomic E-state index is 0.0265. The molecule has 122 valence electrons. The van der Waals surface area contributed by atoms with E-state index in [0.29, 0.717) is 28.3 Å². The van der Waals surface area contributed by atoms with Gasteiger partial charge in [0.15, 0.2) is 0 Å². The first-order valence-corrected chi connectivity index (χ1v) is 7.79. The summed E-state index contributed by atoms with van der Waals surface area (Å²) in [4.78, 5) is 0. The van der Waals surface area contributed by atoms with Gasteiger partial charge in [0.1, 0.15) is 12.4 Å². The van der Waals surface area contributed by atoms with Crippen molar-refractivity contribution in [2.24, 2.45) is 0 Å². The van der Waals surface area contributed by atoms with Gasteiger partial charge in [-0.05, 0) is 41.5 Å². The van der Waals surface area contributed by atoms with Crippen molar-refractivity contribution in [3.8, 4) is 5.75 Å². The normalized spacial score (nSPS) is 11.1. The lowest BCUT2D eigenvalue weighted by molar-refractivity contribution is 0.306. The Morgan fingerprint density at radius 3 is 2.50 bits per heavy atom. The van der Waals surface area contributed by atoms with Crippen LogP contribution in [0.5, 0.6) is 5.75 Å². The fourth-order valence-corrected chi connectivity index (χ4v) is 2.33. The molecule has 3 rings (SSSR count). The molecular formula is C17H13Cl2N3O2. The van der Waals surface area contributed by atoms with E-state index in [2.05, 4.69) is 10.2 Å². The van der Waals surface area contributed by atoms with Gasteiger partial charge in [0, 0.05) is 11.1 Å². The smallest absolute Gasteiger partial charge is 0.313 e. The summed E-state index contributed by atoms with van der Waals surface area (Å²) in [7, 11) is 0. The molecule has 0 aliphatic heterocycles. The first-order chi connectivity index (χ1) is 11.6. The van der Waals surface area contributed by atoms with Gasteiger partial charge in [0.05, 0.1) is 5.02 Å². The Morgan fingerprint density at radius 1 is 1.04 bits per heavy atom. The Kier molecular flexibility index (Phi) is 5.03. The first kappa shape index (κ1) is 16.4. The number of aromatic nitrogens is 2. The molecule has 3 aromatic rings. The van der Waals surface area contributed by atoms with Crippen molar-refractivity contribution in [3.05, 3.63) is 69.5 Å². The number of rotatable bonds is 5. The second kappa shape index (κ2) is 7.38. The Hall–Kier alpha value is -2.50. The van der Waals surface area contributed by atoms with Gasteiger partial charge in [0.2, 0.25) is 5.89 Å². The van der Waals surface area contributed by atoms with E-state index in [9.17, 15) is 0 Å². The molecule has 0 aliphatic carbocycles. The number of benzene rings is 2. The number of halogens is 2. The van der Waals surface area contributed by atoms with E-state index in [-0.39, 0.29) is 6.01 Å². The molecule has 5 nitrogen and oxygen atoms in total. The summed E-state index contributed by atoms with van der Waals surface area (Å²) in [5, 5.41) is 8.52. The fourth-order valence-electron chi connectivity index (χ4n) is 1.96. The summed E-state index contributed by atoms with van der Waals surface area (Å²) >= 11 is 12.1. The van der Waals surface area contributed by atoms with E-state index < -0.39 is 0 Å². The Bertz CT molecular complexity index is 861. The highest BCUT2D eigenvalue weighted by Gasteiger charge is 2.04. The SMILES string of the molecule is Nc1nnc(/C=C/c2ccc(OCc3ccc(Cl)cc3)c(Cl)c2)o1. The summed E-state index contributed by atoms with van der Waals surface area (Å²) in [5.74, 6) is 0.928. The highest BCUT2D eigenvalue weighted by atomic mass is 35.5. The van der Waals surface area contributed by atoms with Crippen LogP contribution in [0.3, 0.4) is 0 Å². The van der Waals surface area contributed by atoms with Gasteiger partial charge < -0.3 is 14.9 Å². The van der Waals surface area contributed by atoms with Gasteiger partial charge in [-0.2, -0.15) is 0 Å². The topological polar surface area (TPSA) is 74.2 Å². The van der Waals surface area contributed by atoms with Crippen LogP contribution in [-0.2, 0) is 6.61 Å². The standard InChI is InChI=1S/C17H13Cl2N3O2/c18-13-5-1-12(2-6-13)10-23-15-7-3-11(9-14(15)19)4-8-16-21-22-17(20)24-16/h1-9H,10H2,(H2,20,22)/b8-4+. The Morgan fingerprint density at radius 2 is 1.83 bits per heavy atom. The highest BCUT2D eigenvalue weighted by Crippen LogP contribution is 2.27. The number of ether oxygens (including phenoxy) is 1. The molecule has 1 aromatic heterocycles. The lowest BCUT2D eigenvalue weighted by atomic mass is 10.2. The van der Waals surface area contributed by atoms with Crippen LogP contribution in [0, 0.1) is 0 Å². The molecule has 2 N–H and O–H groups in total. The second-order valence-electron chi connectivity index (χ2n) is 4.92. The van der Waals surface area contributed by atoms with Gasteiger partial charge in [-0.15, -0.1) is 5.10 Å². The molecule has 0 aliphatic rings. The summed E-state index contributed by atoms with van der Waals surface area (Å²) in [5.41, 5.74) is 7.24. The van der Waals surface area contributed by atoms with Gasteiger partial charge in [-0.1, -0.05) is 46.5 Å². The molecule has 0 spiro atoms. The number of hydrogen-bond donors (Lipinski definition) is 1. The van der Waals surface area contributed by atoms with Crippen molar-refractivity contribution in [3.63, 3.8) is 0 Å². The fraction of sp³-hybridized carbons (Fsp3) is 0.0588. The third-order valence-corrected chi connectivity index (χ3v) is 3.69. The maximum Gasteiger partial charge on any atom is 0.313 e. The minimum Gasteiger partial charge on any atom is -0.487 e. The van der Waals surface area contributed by atoms with Gasteiger partial charge in [0.25, 0.3) is 0 Å². The Balaban J connectivity index is 1.65. The molecule has 24 heavy (non-hydrogen) atoms. The number of nitrogens with two attached hydrogens (primary N) is 1. The summed E-state index contributed by atoms with van der Waals surface area (Å²) in [6.07, 6.45) is 3.45. The van der Waals surface area contributed by atoms with E-state index in [1.165, 1.54) is 0 Å². The largest absolute Gasteiger partial charge is 0.487 e. The molecule has 0 atom stereocenters. The molecule has 1 heterocycles. The third kappa shape index (κ3) is 4.28. The summed E-state index contributed by atoms with van der Waals surface area (Å²) in [6, 6.07) is 12.9. The number of hydrogen-bond acceptors (Lipinski definition) is 5. The molecule has 0 fully saturated rings. The van der Waals surface area contributed by atoms with Gasteiger partial charge in [-0.3, -0.25) is 0 Å². The average Bonchev–Trinajstić information content (AvgIpc) is 2.99. The quantitative estimate of drug-likeness (QED) is 0.712. The Labute approximate surface area is 148 Å². The van der Waals surface area contributed by atoms with E-state index in [1.807, 2.05) is 30.3 Å². The predicted molar refractivity (Wildman–Crippen MR) is 94.9 cm³/mol. The van der Waals surface area contributed by atoms with E-state index in [4.69, 9.17) is 38.1 Å². The highest BCUT2D eigenvalue weighted by molar-refractivity contribution is 6.32. The molecule has 0 radical (unpaired) electrons. The molecular weight excluding hydrogens is 349 g/mol. The third-order valence-electron chi connectivity index (χ3n) is 3.14. The predicted octanol–water partition coefficient (Wildman–Crippen LogP) is 4.71. The molecule has 0 unspecified atom stereocenters. The van der Waals surface area contributed by atoms with E-state index in [0.717, 1.165) is 11.1 Å². The van der Waals surface area contributed by atoms with Crippen LogP contribution in [0.15, 0.2) is 46.9 Å². The minimum absolute atomic E-state index is 0.0265. The van der Waals surface area contributed by atoms with E-state index in [1.54, 1.807) is 24.3 Å². The second-order valence-corrected chi connectivity index (χ2v) is 5.76. The number of anilines is 1. The molecule has 0 saturated carbocycles. The zero-order valence-electron chi connectivity index (χ0n) is 12.4. The maximum absolute atomic E-state index is 6.26. The molecule has 0 saturated heterocycles. The van der Waals surface area contributed by atoms with Crippen LogP contribution in [0.4, 0.5) is 6.01 Å². The molecule has 2 aromatic carbocycles. The van der Waals surface area contributed by atoms with Crippen LogP contribution in [0.2, 0.25) is 10.0 Å². The lowest BCUT2D eigenvalue weighted by Gasteiger charge is -2.08. The van der Waals surface area contributed by atoms with Crippen LogP contribution in [0.25, 0.3) is 12.2 Å². The maximum atomic E-state index is 6.26. The number of nitrogens with zero attached hydrogens (tertiary/aromatic N) is 2. The van der Waals surface area contributed by atoms with Crippen molar-refractivity contribution < 1.29 is 9.15 Å². The van der Waals surface area contributed by atoms with Gasteiger partial charge in [-0.25, -0.2) is 0 Å². The summed E-state index contributed by atoms with van der Waals surface area (Å²) < 4.78 is 10.8. The van der Waals surface area contributed by atoms with E-state index >= 15 is 0 Å². The van der Waals surface area contributed by atoms with Crippen molar-refractivity contribution in [1.29, 1.82) is 0 Å². The van der Waals surface area contributed by atoms with Crippen LogP contribution < -0.4 is 10.5 Å². The summed E-state index contributed by atoms with van der Waals surface area (Å²) in [6.45, 7) is 0.410. The lowest BCUT2D eigenvalue weighted by Crippen LogP contribution is -1.95. The van der Waals surface area contributed by atoms with Gasteiger partial charge >= 0.3 is 6.01 Å². The number of nitrogen functional groups attached to an aromatic ring is 1. The first-order valence-electron chi connectivity index (χ1n) is 7.04.